The molecule has 0 unspecified atom stereocenters. The Hall–Kier alpha value is -0.810. The van der Waals surface area contributed by atoms with Crippen LogP contribution in [0.3, 0.4) is 0 Å². The molecular formula is C11H20N2O3. The normalized spacial score (nSPS) is 33.6. The van der Waals surface area contributed by atoms with Crippen LogP contribution in [0.2, 0.25) is 0 Å². The van der Waals surface area contributed by atoms with E-state index in [4.69, 9.17) is 9.47 Å². The van der Waals surface area contributed by atoms with Gasteiger partial charge in [0.25, 0.3) is 0 Å². The third kappa shape index (κ3) is 2.65. The number of amides is 1. The van der Waals surface area contributed by atoms with Crippen molar-refractivity contribution in [1.29, 1.82) is 0 Å². The lowest BCUT2D eigenvalue weighted by Crippen LogP contribution is -2.45. The summed E-state index contributed by atoms with van der Waals surface area (Å²) in [5, 5.41) is 6.20. The largest absolute Gasteiger partial charge is 0.444 e. The molecule has 2 saturated heterocycles. The molecule has 16 heavy (non-hydrogen) atoms. The molecule has 0 aliphatic carbocycles. The molecular weight excluding hydrogens is 208 g/mol. The van der Waals surface area contributed by atoms with E-state index in [1.807, 2.05) is 20.8 Å². The molecule has 1 amide bonds. The van der Waals surface area contributed by atoms with Crippen LogP contribution in [0, 0.1) is 0 Å². The van der Waals surface area contributed by atoms with Crippen LogP contribution in [0.25, 0.3) is 0 Å². The summed E-state index contributed by atoms with van der Waals surface area (Å²) in [7, 11) is 0. The Morgan fingerprint density at radius 2 is 2.25 bits per heavy atom. The van der Waals surface area contributed by atoms with Crippen molar-refractivity contribution in [3.8, 4) is 0 Å². The summed E-state index contributed by atoms with van der Waals surface area (Å²) in [5.74, 6) is 0. The predicted molar refractivity (Wildman–Crippen MR) is 59.3 cm³/mol. The molecule has 3 atom stereocenters. The van der Waals surface area contributed by atoms with Gasteiger partial charge in [0.2, 0.25) is 0 Å². The lowest BCUT2D eigenvalue weighted by Gasteiger charge is -2.23. The lowest BCUT2D eigenvalue weighted by atomic mass is 10.1. The molecule has 2 aliphatic heterocycles. The summed E-state index contributed by atoms with van der Waals surface area (Å²) >= 11 is 0. The van der Waals surface area contributed by atoms with Crippen molar-refractivity contribution in [3.63, 3.8) is 0 Å². The number of alkyl carbamates (subject to hydrolysis) is 1. The van der Waals surface area contributed by atoms with E-state index in [2.05, 4.69) is 10.6 Å². The highest BCUT2D eigenvalue weighted by atomic mass is 16.6. The van der Waals surface area contributed by atoms with Crippen molar-refractivity contribution in [1.82, 2.24) is 10.6 Å². The fourth-order valence-corrected chi connectivity index (χ4v) is 2.21. The van der Waals surface area contributed by atoms with E-state index >= 15 is 0 Å². The van der Waals surface area contributed by atoms with Crippen LogP contribution in [-0.2, 0) is 9.47 Å². The number of carbonyl (C=O) groups excluding carboxylic acids is 1. The van der Waals surface area contributed by atoms with Crippen LogP contribution in [-0.4, -0.2) is 43.0 Å². The summed E-state index contributed by atoms with van der Waals surface area (Å²) in [6, 6.07) is 0.419. The number of hydrogen-bond acceptors (Lipinski definition) is 4. The number of nitrogens with one attached hydrogen (secondary N) is 2. The van der Waals surface area contributed by atoms with Crippen molar-refractivity contribution < 1.29 is 14.3 Å². The van der Waals surface area contributed by atoms with Gasteiger partial charge < -0.3 is 20.1 Å². The molecule has 2 aliphatic rings. The lowest BCUT2D eigenvalue weighted by molar-refractivity contribution is 0.0409. The number of carbonyl (C=O) groups is 1. The molecule has 5 heteroatoms. The Morgan fingerprint density at radius 1 is 1.50 bits per heavy atom. The Morgan fingerprint density at radius 3 is 2.94 bits per heavy atom. The van der Waals surface area contributed by atoms with Crippen LogP contribution >= 0.6 is 0 Å². The molecule has 2 N–H and O–H groups in total. The molecule has 5 nitrogen and oxygen atoms in total. The maximum atomic E-state index is 11.6. The van der Waals surface area contributed by atoms with E-state index in [0.29, 0.717) is 6.04 Å². The smallest absolute Gasteiger partial charge is 0.408 e. The number of ether oxygens (including phenoxy) is 2. The van der Waals surface area contributed by atoms with Crippen molar-refractivity contribution >= 4 is 6.09 Å². The molecule has 0 aromatic rings. The molecule has 0 spiro atoms. The zero-order valence-corrected chi connectivity index (χ0v) is 10.1. The fourth-order valence-electron chi connectivity index (χ4n) is 2.21. The zero-order valence-electron chi connectivity index (χ0n) is 10.1. The topological polar surface area (TPSA) is 59.6 Å². The minimum Gasteiger partial charge on any atom is -0.444 e. The highest BCUT2D eigenvalue weighted by Crippen LogP contribution is 2.22. The Labute approximate surface area is 95.9 Å². The first kappa shape index (κ1) is 11.7. The minimum absolute atomic E-state index is 0.0300. The summed E-state index contributed by atoms with van der Waals surface area (Å²) in [5.41, 5.74) is -0.452. The highest BCUT2D eigenvalue weighted by molar-refractivity contribution is 5.68. The minimum atomic E-state index is -0.452. The molecule has 2 rings (SSSR count). The molecule has 2 heterocycles. The van der Waals surface area contributed by atoms with E-state index in [1.54, 1.807) is 0 Å². The van der Waals surface area contributed by atoms with E-state index in [-0.39, 0.29) is 18.2 Å². The van der Waals surface area contributed by atoms with Gasteiger partial charge in [-0.25, -0.2) is 4.79 Å². The SMILES string of the molecule is CC(C)(C)OC(=O)N[C@H]1CN[C@H]2CCO[C@H]21. The standard InChI is InChI=1S/C11H20N2O3/c1-11(2,3)16-10(14)13-8-6-12-7-4-5-15-9(7)8/h7-9,12H,4-6H2,1-3H3,(H,13,14)/t7-,8-,9+/m0/s1. The number of rotatable bonds is 1. The second kappa shape index (κ2) is 4.22. The molecule has 0 aromatic carbocycles. The van der Waals surface area contributed by atoms with Gasteiger partial charge in [0, 0.05) is 19.2 Å². The van der Waals surface area contributed by atoms with Gasteiger partial charge in [-0.3, -0.25) is 0 Å². The van der Waals surface area contributed by atoms with Crippen LogP contribution in [0.5, 0.6) is 0 Å². The van der Waals surface area contributed by atoms with Gasteiger partial charge in [-0.05, 0) is 27.2 Å². The van der Waals surface area contributed by atoms with Gasteiger partial charge >= 0.3 is 6.09 Å². The number of fused-ring (bicyclic) bond motifs is 1. The van der Waals surface area contributed by atoms with Crippen LogP contribution < -0.4 is 10.6 Å². The predicted octanol–water partition coefficient (Wildman–Crippen LogP) is 0.640. The second-order valence-corrected chi connectivity index (χ2v) is 5.39. The fraction of sp³-hybridized carbons (Fsp3) is 0.909. The van der Waals surface area contributed by atoms with Gasteiger partial charge in [0.1, 0.15) is 5.60 Å². The van der Waals surface area contributed by atoms with Gasteiger partial charge in [-0.1, -0.05) is 0 Å². The van der Waals surface area contributed by atoms with E-state index in [1.165, 1.54) is 0 Å². The van der Waals surface area contributed by atoms with Crippen LogP contribution in [0.4, 0.5) is 4.79 Å². The van der Waals surface area contributed by atoms with Crippen molar-refractivity contribution in [2.75, 3.05) is 13.2 Å². The third-order valence-electron chi connectivity index (χ3n) is 2.83. The van der Waals surface area contributed by atoms with Gasteiger partial charge in [-0.15, -0.1) is 0 Å². The van der Waals surface area contributed by atoms with Gasteiger partial charge in [-0.2, -0.15) is 0 Å². The summed E-state index contributed by atoms with van der Waals surface area (Å²) < 4.78 is 10.8. The average molecular weight is 228 g/mol. The number of hydrogen-bond donors (Lipinski definition) is 2. The molecule has 2 fully saturated rings. The Balaban J connectivity index is 1.83. The summed E-state index contributed by atoms with van der Waals surface area (Å²) in [6.07, 6.45) is 0.764. The van der Waals surface area contributed by atoms with Crippen LogP contribution in [0.1, 0.15) is 27.2 Å². The monoisotopic (exact) mass is 228 g/mol. The molecule has 92 valence electrons. The van der Waals surface area contributed by atoms with Gasteiger partial charge in [0.05, 0.1) is 12.1 Å². The Kier molecular flexibility index (Phi) is 3.08. The van der Waals surface area contributed by atoms with E-state index in [9.17, 15) is 4.79 Å². The second-order valence-electron chi connectivity index (χ2n) is 5.39. The zero-order chi connectivity index (χ0) is 11.8. The molecule has 0 bridgehead atoms. The molecule has 0 radical (unpaired) electrons. The maximum Gasteiger partial charge on any atom is 0.408 e. The first-order chi connectivity index (χ1) is 7.46. The van der Waals surface area contributed by atoms with E-state index in [0.717, 1.165) is 19.6 Å². The molecule has 0 aromatic heterocycles. The van der Waals surface area contributed by atoms with Crippen molar-refractivity contribution in [2.45, 2.75) is 51.0 Å². The highest BCUT2D eigenvalue weighted by Gasteiger charge is 2.41. The average Bonchev–Trinajstić information content (AvgIpc) is 2.66. The quantitative estimate of drug-likeness (QED) is 0.691. The Bertz CT molecular complexity index is 275. The first-order valence-corrected chi connectivity index (χ1v) is 5.80. The summed E-state index contributed by atoms with van der Waals surface area (Å²) in [6.45, 7) is 7.10. The van der Waals surface area contributed by atoms with Crippen molar-refractivity contribution in [3.05, 3.63) is 0 Å². The van der Waals surface area contributed by atoms with Crippen molar-refractivity contribution in [2.24, 2.45) is 0 Å². The third-order valence-corrected chi connectivity index (χ3v) is 2.83. The van der Waals surface area contributed by atoms with E-state index < -0.39 is 5.60 Å². The van der Waals surface area contributed by atoms with Crippen LogP contribution in [0.15, 0.2) is 0 Å². The maximum absolute atomic E-state index is 11.6. The first-order valence-electron chi connectivity index (χ1n) is 5.80. The molecule has 0 saturated carbocycles. The summed E-state index contributed by atoms with van der Waals surface area (Å²) in [4.78, 5) is 11.6. The van der Waals surface area contributed by atoms with Gasteiger partial charge in [0.15, 0.2) is 0 Å².